The monoisotopic (exact) mass is 351 g/mol. The minimum absolute atomic E-state index is 0.0152. The lowest BCUT2D eigenvalue weighted by molar-refractivity contribution is 0.188. The molecular weight excluding hydrogens is 326 g/mol. The molecule has 1 aliphatic carbocycles. The van der Waals surface area contributed by atoms with Crippen LogP contribution >= 0.6 is 0 Å². The maximum Gasteiger partial charge on any atom is 0.318 e. The quantitative estimate of drug-likeness (QED) is 0.636. The van der Waals surface area contributed by atoms with Crippen molar-refractivity contribution >= 4 is 16.9 Å². The largest absolute Gasteiger partial charge is 0.361 e. The number of aromatic nitrogens is 3. The van der Waals surface area contributed by atoms with Crippen LogP contribution in [0.3, 0.4) is 0 Å². The maximum atomic E-state index is 12.8. The van der Waals surface area contributed by atoms with Gasteiger partial charge >= 0.3 is 6.03 Å². The number of nitrogens with one attached hydrogen (secondary N) is 3. The van der Waals surface area contributed by atoms with Gasteiger partial charge in [-0.15, -0.1) is 0 Å². The van der Waals surface area contributed by atoms with Gasteiger partial charge in [0.1, 0.15) is 0 Å². The first-order valence-electron chi connectivity index (χ1n) is 9.22. The zero-order chi connectivity index (χ0) is 18.1. The number of fused-ring (bicyclic) bond motifs is 1. The van der Waals surface area contributed by atoms with Crippen molar-refractivity contribution < 1.29 is 4.79 Å². The Balaban J connectivity index is 1.41. The summed E-state index contributed by atoms with van der Waals surface area (Å²) in [6, 6.07) is 10.8. The Morgan fingerprint density at radius 3 is 2.92 bits per heavy atom. The number of aryl methyl sites for hydroxylation is 1. The minimum Gasteiger partial charge on any atom is -0.361 e. The van der Waals surface area contributed by atoms with E-state index < -0.39 is 0 Å². The lowest BCUT2D eigenvalue weighted by Gasteiger charge is -2.25. The predicted molar refractivity (Wildman–Crippen MR) is 102 cm³/mol. The van der Waals surface area contributed by atoms with Gasteiger partial charge in [0.05, 0.1) is 5.69 Å². The van der Waals surface area contributed by atoms with Gasteiger partial charge in [0, 0.05) is 42.5 Å². The molecule has 6 nitrogen and oxygen atoms in total. The molecule has 1 aliphatic rings. The van der Waals surface area contributed by atoms with E-state index >= 15 is 0 Å². The summed E-state index contributed by atoms with van der Waals surface area (Å²) in [6.07, 6.45) is 4.85. The van der Waals surface area contributed by atoms with Crippen molar-refractivity contribution in [3.05, 3.63) is 53.5 Å². The summed E-state index contributed by atoms with van der Waals surface area (Å²) in [7, 11) is 0. The fourth-order valence-electron chi connectivity index (χ4n) is 3.39. The third-order valence-corrected chi connectivity index (χ3v) is 4.86. The molecule has 0 radical (unpaired) electrons. The molecule has 3 aromatic rings. The van der Waals surface area contributed by atoms with Crippen LogP contribution in [0.2, 0.25) is 0 Å². The first kappa shape index (κ1) is 16.7. The van der Waals surface area contributed by atoms with Crippen molar-refractivity contribution in [1.29, 1.82) is 0 Å². The number of urea groups is 1. The van der Waals surface area contributed by atoms with E-state index in [-0.39, 0.29) is 12.1 Å². The van der Waals surface area contributed by atoms with E-state index in [4.69, 9.17) is 0 Å². The predicted octanol–water partition coefficient (Wildman–Crippen LogP) is 3.50. The number of carbonyl (C=O) groups excluding carboxylic acids is 1. The van der Waals surface area contributed by atoms with Gasteiger partial charge in [0.15, 0.2) is 0 Å². The number of H-pyrrole nitrogens is 2. The van der Waals surface area contributed by atoms with E-state index in [1.165, 1.54) is 5.39 Å². The van der Waals surface area contributed by atoms with Gasteiger partial charge in [-0.1, -0.05) is 6.07 Å². The molecule has 1 saturated carbocycles. The standard InChI is InChI=1S/C20H25N5O/c1-13(9-17-10-14(2)23-24-17)22-20(26)25(18-4-5-18)12-15-3-6-19-16(11-15)7-8-21-19/h3,6-8,10-11,13,18,21H,4-5,9,12H2,1-2H3,(H,22,26)(H,23,24)/t13-/m0/s1. The van der Waals surface area contributed by atoms with Gasteiger partial charge in [-0.2, -0.15) is 5.10 Å². The summed E-state index contributed by atoms with van der Waals surface area (Å²) in [6.45, 7) is 4.65. The highest BCUT2D eigenvalue weighted by atomic mass is 16.2. The molecule has 0 unspecified atom stereocenters. The molecule has 1 fully saturated rings. The Bertz CT molecular complexity index is 908. The average molecular weight is 351 g/mol. The molecule has 0 aliphatic heterocycles. The molecule has 2 amide bonds. The van der Waals surface area contributed by atoms with Gasteiger partial charge in [-0.25, -0.2) is 4.79 Å². The summed E-state index contributed by atoms with van der Waals surface area (Å²) >= 11 is 0. The van der Waals surface area contributed by atoms with Crippen molar-refractivity contribution in [2.75, 3.05) is 0 Å². The Morgan fingerprint density at radius 1 is 1.35 bits per heavy atom. The van der Waals surface area contributed by atoms with Crippen LogP contribution in [0.1, 0.15) is 36.7 Å². The van der Waals surface area contributed by atoms with Crippen LogP contribution in [0.15, 0.2) is 36.5 Å². The molecule has 1 aromatic carbocycles. The van der Waals surface area contributed by atoms with E-state index in [1.54, 1.807) is 0 Å². The highest BCUT2D eigenvalue weighted by Gasteiger charge is 2.33. The van der Waals surface area contributed by atoms with Crippen LogP contribution < -0.4 is 5.32 Å². The molecule has 0 spiro atoms. The summed E-state index contributed by atoms with van der Waals surface area (Å²) < 4.78 is 0. The van der Waals surface area contributed by atoms with Gasteiger partial charge in [-0.3, -0.25) is 5.10 Å². The zero-order valence-electron chi connectivity index (χ0n) is 15.2. The van der Waals surface area contributed by atoms with Crippen molar-refractivity contribution in [3.8, 4) is 0 Å². The Morgan fingerprint density at radius 2 is 2.19 bits per heavy atom. The molecule has 1 atom stereocenters. The van der Waals surface area contributed by atoms with Crippen LogP contribution in [0.5, 0.6) is 0 Å². The molecule has 136 valence electrons. The van der Waals surface area contributed by atoms with Crippen molar-refractivity contribution in [2.24, 2.45) is 0 Å². The summed E-state index contributed by atoms with van der Waals surface area (Å²) in [5.74, 6) is 0. The third-order valence-electron chi connectivity index (χ3n) is 4.86. The van der Waals surface area contributed by atoms with E-state index in [0.717, 1.165) is 41.7 Å². The van der Waals surface area contributed by atoms with Crippen molar-refractivity contribution in [1.82, 2.24) is 25.4 Å². The second-order valence-corrected chi connectivity index (χ2v) is 7.36. The number of benzene rings is 1. The van der Waals surface area contributed by atoms with E-state index in [9.17, 15) is 4.79 Å². The van der Waals surface area contributed by atoms with E-state index in [0.29, 0.717) is 12.6 Å². The molecule has 26 heavy (non-hydrogen) atoms. The molecular formula is C20H25N5O. The van der Waals surface area contributed by atoms with Crippen LogP contribution in [-0.4, -0.2) is 38.2 Å². The fourth-order valence-corrected chi connectivity index (χ4v) is 3.39. The minimum atomic E-state index is 0.0152. The Hall–Kier alpha value is -2.76. The van der Waals surface area contributed by atoms with Crippen LogP contribution in [0, 0.1) is 6.92 Å². The molecule has 6 heteroatoms. The zero-order valence-corrected chi connectivity index (χ0v) is 15.2. The molecule has 2 heterocycles. The SMILES string of the molecule is Cc1cc(C[C@H](C)NC(=O)N(Cc2ccc3[nH]ccc3c2)C2CC2)n[nH]1. The van der Waals surface area contributed by atoms with E-state index in [2.05, 4.69) is 44.8 Å². The second kappa shape index (κ2) is 6.86. The number of nitrogens with zero attached hydrogens (tertiary/aromatic N) is 2. The lowest BCUT2D eigenvalue weighted by atomic mass is 10.1. The summed E-state index contributed by atoms with van der Waals surface area (Å²) in [5, 5.41) is 11.5. The summed E-state index contributed by atoms with van der Waals surface area (Å²) in [5.41, 5.74) is 4.30. The first-order chi connectivity index (χ1) is 12.6. The molecule has 2 aromatic heterocycles. The average Bonchev–Trinajstić information content (AvgIpc) is 3.20. The number of hydrogen-bond donors (Lipinski definition) is 3. The lowest BCUT2D eigenvalue weighted by Crippen LogP contribution is -2.45. The molecule has 0 saturated heterocycles. The highest BCUT2D eigenvalue weighted by molar-refractivity contribution is 5.80. The topological polar surface area (TPSA) is 76.8 Å². The van der Waals surface area contributed by atoms with Gasteiger partial charge in [0.2, 0.25) is 0 Å². The maximum absolute atomic E-state index is 12.8. The number of aromatic amines is 2. The Kier molecular flexibility index (Phi) is 4.41. The smallest absolute Gasteiger partial charge is 0.318 e. The van der Waals surface area contributed by atoms with Crippen LogP contribution in [-0.2, 0) is 13.0 Å². The number of carbonyl (C=O) groups is 1. The van der Waals surface area contributed by atoms with Gasteiger partial charge in [0.25, 0.3) is 0 Å². The third kappa shape index (κ3) is 3.74. The molecule has 3 N–H and O–H groups in total. The van der Waals surface area contributed by atoms with Gasteiger partial charge < -0.3 is 15.2 Å². The number of hydrogen-bond acceptors (Lipinski definition) is 2. The normalized spacial score (nSPS) is 15.2. The second-order valence-electron chi connectivity index (χ2n) is 7.36. The fraction of sp³-hybridized carbons (Fsp3) is 0.400. The molecule has 0 bridgehead atoms. The van der Waals surface area contributed by atoms with E-state index in [1.807, 2.05) is 31.0 Å². The highest BCUT2D eigenvalue weighted by Crippen LogP contribution is 2.29. The van der Waals surface area contributed by atoms with Crippen molar-refractivity contribution in [3.63, 3.8) is 0 Å². The van der Waals surface area contributed by atoms with Crippen molar-refractivity contribution in [2.45, 2.75) is 51.7 Å². The Labute approximate surface area is 153 Å². The first-order valence-corrected chi connectivity index (χ1v) is 9.22. The van der Waals surface area contributed by atoms with Crippen LogP contribution in [0.25, 0.3) is 10.9 Å². The molecule has 4 rings (SSSR count). The van der Waals surface area contributed by atoms with Crippen LogP contribution in [0.4, 0.5) is 4.79 Å². The number of rotatable bonds is 6. The van der Waals surface area contributed by atoms with Gasteiger partial charge in [-0.05, 0) is 61.9 Å². The summed E-state index contributed by atoms with van der Waals surface area (Å²) in [4.78, 5) is 18.0. The number of amides is 2.